The number of anilines is 1. The summed E-state index contributed by atoms with van der Waals surface area (Å²) in [6, 6.07) is 9.30. The minimum Gasteiger partial charge on any atom is -0.366 e. The zero-order valence-electron chi connectivity index (χ0n) is 12.4. The molecule has 0 saturated carbocycles. The van der Waals surface area contributed by atoms with E-state index in [0.29, 0.717) is 30.5 Å². The lowest BCUT2D eigenvalue weighted by atomic mass is 10.2. The molecule has 6 nitrogen and oxygen atoms in total. The summed E-state index contributed by atoms with van der Waals surface area (Å²) in [5.41, 5.74) is 1.05. The summed E-state index contributed by atoms with van der Waals surface area (Å²) < 4.78 is 7.17. The first-order valence-electron chi connectivity index (χ1n) is 7.12. The van der Waals surface area contributed by atoms with Crippen molar-refractivity contribution < 1.29 is 9.53 Å². The number of aromatic nitrogens is 2. The number of carbonyl (C=O) groups is 1. The molecule has 0 spiro atoms. The van der Waals surface area contributed by atoms with E-state index in [4.69, 9.17) is 16.3 Å². The number of rotatable bonds is 4. The minimum atomic E-state index is -0.465. The molecule has 2 N–H and O–H groups in total. The Morgan fingerprint density at radius 1 is 1.39 bits per heavy atom. The molecule has 0 aliphatic carbocycles. The summed E-state index contributed by atoms with van der Waals surface area (Å²) in [7, 11) is 0. The van der Waals surface area contributed by atoms with Crippen LogP contribution in [0.3, 0.4) is 0 Å². The van der Waals surface area contributed by atoms with Gasteiger partial charge in [0.2, 0.25) is 0 Å². The number of halogens is 2. The zero-order valence-corrected chi connectivity index (χ0v) is 13.9. The molecule has 1 fully saturated rings. The van der Waals surface area contributed by atoms with Crippen LogP contribution in [0.15, 0.2) is 36.5 Å². The van der Waals surface area contributed by atoms with Crippen molar-refractivity contribution in [2.45, 2.75) is 12.6 Å². The Morgan fingerprint density at radius 2 is 2.17 bits per heavy atom. The predicted octanol–water partition coefficient (Wildman–Crippen LogP) is 1.93. The molecule has 1 aliphatic rings. The van der Waals surface area contributed by atoms with Gasteiger partial charge in [-0.15, -0.1) is 12.4 Å². The van der Waals surface area contributed by atoms with Crippen molar-refractivity contribution in [3.63, 3.8) is 0 Å². The highest BCUT2D eigenvalue weighted by Gasteiger charge is 2.22. The van der Waals surface area contributed by atoms with E-state index in [-0.39, 0.29) is 18.3 Å². The van der Waals surface area contributed by atoms with Crippen molar-refractivity contribution >= 4 is 35.7 Å². The van der Waals surface area contributed by atoms with Crippen LogP contribution in [-0.4, -0.2) is 41.5 Å². The number of hydrogen-bond acceptors (Lipinski definition) is 4. The third-order valence-electron chi connectivity index (χ3n) is 3.43. The molecular formula is C15H18Cl2N4O2. The van der Waals surface area contributed by atoms with Crippen LogP contribution >= 0.6 is 24.0 Å². The molecule has 124 valence electrons. The van der Waals surface area contributed by atoms with Crippen LogP contribution in [0.2, 0.25) is 5.02 Å². The second-order valence-electron chi connectivity index (χ2n) is 5.05. The molecule has 0 radical (unpaired) electrons. The number of carbonyl (C=O) groups excluding carboxylic acids is 1. The second-order valence-corrected chi connectivity index (χ2v) is 5.49. The average Bonchev–Trinajstić information content (AvgIpc) is 2.97. The molecule has 1 aliphatic heterocycles. The molecule has 2 aromatic rings. The summed E-state index contributed by atoms with van der Waals surface area (Å²) in [4.78, 5) is 12.2. The van der Waals surface area contributed by atoms with E-state index in [9.17, 15) is 4.79 Å². The summed E-state index contributed by atoms with van der Waals surface area (Å²) in [5.74, 6) is 0.485. The van der Waals surface area contributed by atoms with E-state index in [2.05, 4.69) is 15.7 Å². The Balaban J connectivity index is 0.00000192. The van der Waals surface area contributed by atoms with Crippen molar-refractivity contribution in [2.24, 2.45) is 0 Å². The van der Waals surface area contributed by atoms with Crippen LogP contribution in [0.4, 0.5) is 5.82 Å². The smallest absolute Gasteiger partial charge is 0.255 e. The Morgan fingerprint density at radius 3 is 2.87 bits per heavy atom. The third-order valence-corrected chi connectivity index (χ3v) is 3.69. The maximum Gasteiger partial charge on any atom is 0.255 e. The molecule has 0 bridgehead atoms. The fourth-order valence-corrected chi connectivity index (χ4v) is 2.39. The van der Waals surface area contributed by atoms with Crippen LogP contribution in [0.1, 0.15) is 5.56 Å². The van der Waals surface area contributed by atoms with Gasteiger partial charge in [-0.3, -0.25) is 4.79 Å². The molecule has 23 heavy (non-hydrogen) atoms. The van der Waals surface area contributed by atoms with Crippen molar-refractivity contribution in [1.82, 2.24) is 15.1 Å². The first kappa shape index (κ1) is 17.7. The standard InChI is InChI=1S/C15H17ClN4O2.ClH/c16-12-3-1-11(2-4-12)10-20-14(5-6-18-20)19-15(21)13-9-17-7-8-22-13;/h1-6,13,17H,7-10H2,(H,19,21);1H. The number of nitrogens with one attached hydrogen (secondary N) is 2. The lowest BCUT2D eigenvalue weighted by molar-refractivity contribution is -0.128. The molecule has 1 aromatic carbocycles. The molecule has 8 heteroatoms. The van der Waals surface area contributed by atoms with Crippen LogP contribution in [0.25, 0.3) is 0 Å². The molecule has 1 saturated heterocycles. The highest BCUT2D eigenvalue weighted by atomic mass is 35.5. The molecule has 3 rings (SSSR count). The first-order valence-corrected chi connectivity index (χ1v) is 7.49. The minimum absolute atomic E-state index is 0. The van der Waals surface area contributed by atoms with Crippen LogP contribution < -0.4 is 10.6 Å². The second kappa shape index (κ2) is 8.31. The molecule has 1 aromatic heterocycles. The van der Waals surface area contributed by atoms with Gasteiger partial charge >= 0.3 is 0 Å². The maximum atomic E-state index is 12.2. The van der Waals surface area contributed by atoms with Gasteiger partial charge in [0.1, 0.15) is 11.9 Å². The van der Waals surface area contributed by atoms with Gasteiger partial charge in [-0.25, -0.2) is 4.68 Å². The molecule has 1 atom stereocenters. The van der Waals surface area contributed by atoms with Gasteiger partial charge in [0.25, 0.3) is 5.91 Å². The Hall–Kier alpha value is -1.60. The summed E-state index contributed by atoms with van der Waals surface area (Å²) in [6.07, 6.45) is 1.19. The van der Waals surface area contributed by atoms with Crippen molar-refractivity contribution in [1.29, 1.82) is 0 Å². The van der Waals surface area contributed by atoms with Crippen molar-refractivity contribution in [3.05, 3.63) is 47.1 Å². The van der Waals surface area contributed by atoms with Gasteiger partial charge in [0, 0.05) is 24.2 Å². The predicted molar refractivity (Wildman–Crippen MR) is 91.3 cm³/mol. The fraction of sp³-hybridized carbons (Fsp3) is 0.333. The van der Waals surface area contributed by atoms with Crippen LogP contribution in [-0.2, 0) is 16.1 Å². The van der Waals surface area contributed by atoms with Crippen LogP contribution in [0, 0.1) is 0 Å². The Labute approximate surface area is 145 Å². The van der Waals surface area contributed by atoms with Gasteiger partial charge < -0.3 is 15.4 Å². The van der Waals surface area contributed by atoms with E-state index in [1.807, 2.05) is 24.3 Å². The van der Waals surface area contributed by atoms with Gasteiger partial charge in [-0.1, -0.05) is 23.7 Å². The highest BCUT2D eigenvalue weighted by molar-refractivity contribution is 6.30. The maximum absolute atomic E-state index is 12.2. The average molecular weight is 357 g/mol. The zero-order chi connectivity index (χ0) is 15.4. The molecule has 2 heterocycles. The van der Waals surface area contributed by atoms with Crippen molar-refractivity contribution in [3.8, 4) is 0 Å². The third kappa shape index (κ3) is 4.68. The SMILES string of the molecule is Cl.O=C(Nc1ccnn1Cc1ccc(Cl)cc1)C1CNCCO1. The topological polar surface area (TPSA) is 68.2 Å². The molecule has 1 unspecified atom stereocenters. The quantitative estimate of drug-likeness (QED) is 0.878. The van der Waals surface area contributed by atoms with E-state index in [0.717, 1.165) is 12.1 Å². The van der Waals surface area contributed by atoms with Crippen molar-refractivity contribution in [2.75, 3.05) is 25.0 Å². The summed E-state index contributed by atoms with van der Waals surface area (Å²) in [5, 5.41) is 10.9. The van der Waals surface area contributed by atoms with E-state index >= 15 is 0 Å². The molecule has 1 amide bonds. The largest absolute Gasteiger partial charge is 0.366 e. The lowest BCUT2D eigenvalue weighted by Crippen LogP contribution is -2.45. The Bertz CT molecular complexity index is 639. The van der Waals surface area contributed by atoms with Gasteiger partial charge in [0.15, 0.2) is 0 Å². The van der Waals surface area contributed by atoms with Gasteiger partial charge in [0.05, 0.1) is 19.3 Å². The monoisotopic (exact) mass is 356 g/mol. The number of amides is 1. The van der Waals surface area contributed by atoms with E-state index in [1.54, 1.807) is 16.9 Å². The first-order chi connectivity index (χ1) is 10.7. The number of ether oxygens (including phenoxy) is 1. The highest BCUT2D eigenvalue weighted by Crippen LogP contribution is 2.14. The fourth-order valence-electron chi connectivity index (χ4n) is 2.27. The van der Waals surface area contributed by atoms with Crippen LogP contribution in [0.5, 0.6) is 0 Å². The number of hydrogen-bond donors (Lipinski definition) is 2. The van der Waals surface area contributed by atoms with E-state index in [1.165, 1.54) is 0 Å². The van der Waals surface area contributed by atoms with E-state index < -0.39 is 6.10 Å². The van der Waals surface area contributed by atoms with Gasteiger partial charge in [-0.05, 0) is 17.7 Å². The normalized spacial score (nSPS) is 17.3. The number of morpholine rings is 1. The number of nitrogens with zero attached hydrogens (tertiary/aromatic N) is 2. The van der Waals surface area contributed by atoms with Gasteiger partial charge in [-0.2, -0.15) is 5.10 Å². The molecular weight excluding hydrogens is 339 g/mol. The lowest BCUT2D eigenvalue weighted by Gasteiger charge is -2.22. The Kier molecular flexibility index (Phi) is 6.41. The summed E-state index contributed by atoms with van der Waals surface area (Å²) >= 11 is 5.88. The summed E-state index contributed by atoms with van der Waals surface area (Å²) in [6.45, 7) is 2.40. The number of benzene rings is 1.